The van der Waals surface area contributed by atoms with Crippen molar-refractivity contribution in [2.45, 2.75) is 18.8 Å². The highest BCUT2D eigenvalue weighted by molar-refractivity contribution is 14.1. The lowest BCUT2D eigenvalue weighted by atomic mass is 10.2. The monoisotopic (exact) mass is 592 g/mol. The molecule has 0 unspecified atom stereocenters. The first-order valence-corrected chi connectivity index (χ1v) is 9.81. The molecule has 1 N–H and O–H groups in total. The number of halogens is 4. The molecule has 0 amide bonds. The third-order valence-corrected chi connectivity index (χ3v) is 4.74. The molecular formula is C12H12F2I2O7S. The van der Waals surface area contributed by atoms with Gasteiger partial charge in [-0.2, -0.15) is 17.2 Å². The van der Waals surface area contributed by atoms with E-state index in [1.807, 2.05) is 45.2 Å². The van der Waals surface area contributed by atoms with Gasteiger partial charge in [0.2, 0.25) is 0 Å². The van der Waals surface area contributed by atoms with E-state index in [2.05, 4.69) is 4.74 Å². The van der Waals surface area contributed by atoms with E-state index >= 15 is 0 Å². The smallest absolute Gasteiger partial charge is 0.465 e. The number of hydrogen-bond acceptors (Lipinski definition) is 6. The van der Waals surface area contributed by atoms with Crippen LogP contribution in [0.4, 0.5) is 8.78 Å². The van der Waals surface area contributed by atoms with Crippen LogP contribution in [0.15, 0.2) is 12.1 Å². The molecule has 0 aliphatic carbocycles. The summed E-state index contributed by atoms with van der Waals surface area (Å²) in [5, 5.41) is -5.05. The van der Waals surface area contributed by atoms with Crippen LogP contribution in [-0.2, 0) is 31.0 Å². The average molecular weight is 592 g/mol. The zero-order chi connectivity index (χ0) is 18.5. The molecule has 0 atom stereocenters. The fraction of sp³-hybridized carbons (Fsp3) is 0.417. The topological polar surface area (TPSA) is 99.1 Å². The molecule has 136 valence electrons. The third kappa shape index (κ3) is 5.60. The summed E-state index contributed by atoms with van der Waals surface area (Å²) in [6.07, 6.45) is 0. The Balaban J connectivity index is 2.96. The Morgan fingerprint density at radius 3 is 2.50 bits per heavy atom. The van der Waals surface area contributed by atoms with E-state index in [4.69, 9.17) is 14.0 Å². The average Bonchev–Trinajstić information content (AvgIpc) is 2.45. The van der Waals surface area contributed by atoms with Crippen molar-refractivity contribution in [3.8, 4) is 5.75 Å². The molecule has 0 saturated carbocycles. The Morgan fingerprint density at radius 2 is 1.96 bits per heavy atom. The van der Waals surface area contributed by atoms with E-state index in [-0.39, 0.29) is 18.1 Å². The van der Waals surface area contributed by atoms with Crippen molar-refractivity contribution in [1.82, 2.24) is 0 Å². The van der Waals surface area contributed by atoms with Gasteiger partial charge in [-0.05, 0) is 64.2 Å². The molecule has 7 nitrogen and oxygen atoms in total. The standard InChI is InChI=1S/C12H12F2I2O7S/c1-2-21-6-23-10-7(3-8(15)4-9(10)16)5-22-11(17)12(13,14)24(18,19)20/h3-4H,2,5-6H2,1H3,(H,18,19,20). The largest absolute Gasteiger partial charge is 0.466 e. The van der Waals surface area contributed by atoms with E-state index in [1.165, 1.54) is 6.07 Å². The van der Waals surface area contributed by atoms with Crippen LogP contribution in [0.2, 0.25) is 0 Å². The maximum atomic E-state index is 13.2. The lowest BCUT2D eigenvalue weighted by molar-refractivity contribution is -0.162. The molecule has 12 heteroatoms. The fourth-order valence-electron chi connectivity index (χ4n) is 1.40. The number of benzene rings is 1. The maximum Gasteiger partial charge on any atom is 0.465 e. The van der Waals surface area contributed by atoms with Crippen LogP contribution in [0, 0.1) is 7.14 Å². The number of alkyl halides is 2. The summed E-state index contributed by atoms with van der Waals surface area (Å²) in [4.78, 5) is 11.2. The minimum Gasteiger partial charge on any atom is -0.466 e. The van der Waals surface area contributed by atoms with E-state index < -0.39 is 27.9 Å². The zero-order valence-corrected chi connectivity index (χ0v) is 17.2. The quantitative estimate of drug-likeness (QED) is 0.163. The van der Waals surface area contributed by atoms with Gasteiger partial charge in [-0.1, -0.05) is 0 Å². The van der Waals surface area contributed by atoms with Crippen molar-refractivity contribution in [2.24, 2.45) is 0 Å². The molecule has 24 heavy (non-hydrogen) atoms. The summed E-state index contributed by atoms with van der Waals surface area (Å²) in [6, 6.07) is 3.25. The van der Waals surface area contributed by atoms with Gasteiger partial charge in [0.1, 0.15) is 12.4 Å². The number of rotatable bonds is 8. The fourth-order valence-corrected chi connectivity index (χ4v) is 3.79. The first-order valence-electron chi connectivity index (χ1n) is 6.21. The normalized spacial score (nSPS) is 12.1. The summed E-state index contributed by atoms with van der Waals surface area (Å²) in [6.45, 7) is 1.38. The van der Waals surface area contributed by atoms with Crippen LogP contribution in [0.25, 0.3) is 0 Å². The molecule has 0 aliphatic rings. The summed E-state index contributed by atoms with van der Waals surface area (Å²) in [7, 11) is -5.91. The molecule has 0 bridgehead atoms. The second kappa shape index (κ2) is 8.86. The van der Waals surface area contributed by atoms with Gasteiger partial charge in [-0.25, -0.2) is 4.79 Å². The lowest BCUT2D eigenvalue weighted by Gasteiger charge is -2.16. The predicted octanol–water partition coefficient (Wildman–Crippen LogP) is 2.79. The Bertz CT molecular complexity index is 710. The van der Waals surface area contributed by atoms with Crippen molar-refractivity contribution in [3.05, 3.63) is 24.8 Å². The second-order valence-corrected chi connectivity index (χ2v) is 8.07. The molecule has 0 fully saturated rings. The third-order valence-electron chi connectivity index (χ3n) is 2.50. The molecule has 0 heterocycles. The van der Waals surface area contributed by atoms with Crippen LogP contribution >= 0.6 is 45.2 Å². The molecule has 0 saturated heterocycles. The zero-order valence-electron chi connectivity index (χ0n) is 12.1. The van der Waals surface area contributed by atoms with Gasteiger partial charge in [0.05, 0.1) is 3.57 Å². The molecule has 1 rings (SSSR count). The minimum atomic E-state index is -5.91. The Hall–Kier alpha value is -0.320. The van der Waals surface area contributed by atoms with Crippen molar-refractivity contribution >= 4 is 61.3 Å². The molecule has 1 aromatic carbocycles. The highest BCUT2D eigenvalue weighted by Gasteiger charge is 2.54. The predicted molar refractivity (Wildman–Crippen MR) is 95.3 cm³/mol. The first-order chi connectivity index (χ1) is 11.0. The Kier molecular flexibility index (Phi) is 8.02. The van der Waals surface area contributed by atoms with Crippen LogP contribution in [0.1, 0.15) is 12.5 Å². The summed E-state index contributed by atoms with van der Waals surface area (Å²) in [5.41, 5.74) is 0.241. The molecular weight excluding hydrogens is 580 g/mol. The summed E-state index contributed by atoms with van der Waals surface area (Å²) in [5.74, 6) is -2.12. The van der Waals surface area contributed by atoms with Crippen LogP contribution < -0.4 is 4.74 Å². The lowest BCUT2D eigenvalue weighted by Crippen LogP contribution is -2.38. The highest BCUT2D eigenvalue weighted by Crippen LogP contribution is 2.30. The number of ether oxygens (including phenoxy) is 3. The van der Waals surface area contributed by atoms with Gasteiger partial charge < -0.3 is 14.2 Å². The van der Waals surface area contributed by atoms with E-state index in [1.54, 1.807) is 13.0 Å². The van der Waals surface area contributed by atoms with Gasteiger partial charge >= 0.3 is 21.3 Å². The van der Waals surface area contributed by atoms with Crippen LogP contribution in [0.5, 0.6) is 5.75 Å². The molecule has 0 radical (unpaired) electrons. The van der Waals surface area contributed by atoms with Crippen molar-refractivity contribution < 1.29 is 40.8 Å². The number of hydrogen-bond donors (Lipinski definition) is 1. The minimum absolute atomic E-state index is 0.102. The SMILES string of the molecule is CCOCOc1c(I)cc(I)cc1COC(=O)C(F)(F)S(=O)(=O)O. The number of carbonyl (C=O) groups excluding carboxylic acids is 1. The summed E-state index contributed by atoms with van der Waals surface area (Å²) >= 11 is 3.90. The van der Waals surface area contributed by atoms with Crippen LogP contribution in [-0.4, -0.2) is 37.6 Å². The molecule has 1 aromatic rings. The Morgan fingerprint density at radius 1 is 1.33 bits per heavy atom. The second-order valence-electron chi connectivity index (χ2n) is 4.20. The van der Waals surface area contributed by atoms with Gasteiger partial charge in [0.15, 0.2) is 6.79 Å². The van der Waals surface area contributed by atoms with Crippen molar-refractivity contribution in [2.75, 3.05) is 13.4 Å². The first kappa shape index (κ1) is 21.7. The number of carbonyl (C=O) groups is 1. The van der Waals surface area contributed by atoms with Crippen molar-refractivity contribution in [3.63, 3.8) is 0 Å². The number of esters is 1. The van der Waals surface area contributed by atoms with Gasteiger partial charge in [0.25, 0.3) is 0 Å². The highest BCUT2D eigenvalue weighted by atomic mass is 127. The van der Waals surface area contributed by atoms with Gasteiger partial charge in [0, 0.05) is 15.7 Å². The Labute approximate surface area is 164 Å². The molecule has 0 aromatic heterocycles. The van der Waals surface area contributed by atoms with E-state index in [0.717, 1.165) is 0 Å². The maximum absolute atomic E-state index is 13.2. The van der Waals surface area contributed by atoms with E-state index in [9.17, 15) is 22.0 Å². The molecule has 0 aliphatic heterocycles. The summed E-state index contributed by atoms with van der Waals surface area (Å²) < 4.78 is 71.8. The molecule has 0 spiro atoms. The van der Waals surface area contributed by atoms with Crippen molar-refractivity contribution in [1.29, 1.82) is 0 Å². The van der Waals surface area contributed by atoms with E-state index in [0.29, 0.717) is 13.7 Å². The van der Waals surface area contributed by atoms with Gasteiger partial charge in [-0.3, -0.25) is 4.55 Å². The van der Waals surface area contributed by atoms with Crippen LogP contribution in [0.3, 0.4) is 0 Å². The van der Waals surface area contributed by atoms with Gasteiger partial charge in [-0.15, -0.1) is 0 Å².